The summed E-state index contributed by atoms with van der Waals surface area (Å²) in [7, 11) is -3.52. The molecule has 1 fully saturated rings. The number of para-hydroxylation sites is 1. The smallest absolute Gasteiger partial charge is 0.229 e. The number of rotatable bonds is 13. The average Bonchev–Trinajstić information content (AvgIpc) is 3.04. The molecule has 3 heterocycles. The van der Waals surface area contributed by atoms with Crippen molar-refractivity contribution in [1.82, 2.24) is 19.9 Å². The standard InChI is InChI=1S/C35H45N7O4S/c1-23(2)46-31-19-25(5)28(27-11-12-33(37-22-27)36-13-14-42-15-17-45-18-16-42)20-30(31)40-35-38-21-26(6)34(41-35)39-29-9-7-8-10-32(29)47(43,44)24(3)4/h7-12,19-24H,13-18H2,1-6H3,(H,36,37)(H2,38,39,40,41). The lowest BCUT2D eigenvalue weighted by molar-refractivity contribution is 0.0398. The van der Waals surface area contributed by atoms with Gasteiger partial charge in [-0.2, -0.15) is 4.98 Å². The number of nitrogens with zero attached hydrogens (tertiary/aromatic N) is 4. The summed E-state index contributed by atoms with van der Waals surface area (Å²) in [5.41, 5.74) is 4.92. The van der Waals surface area contributed by atoms with Crippen LogP contribution in [0.1, 0.15) is 38.8 Å². The van der Waals surface area contributed by atoms with Crippen LogP contribution in [0.2, 0.25) is 0 Å². The molecule has 250 valence electrons. The van der Waals surface area contributed by atoms with E-state index in [4.69, 9.17) is 14.5 Å². The summed E-state index contributed by atoms with van der Waals surface area (Å²) in [5.74, 6) is 2.33. The minimum atomic E-state index is -3.52. The molecule has 5 rings (SSSR count). The van der Waals surface area contributed by atoms with Gasteiger partial charge in [-0.3, -0.25) is 4.90 Å². The van der Waals surface area contributed by atoms with Gasteiger partial charge in [-0.05, 0) is 89.1 Å². The number of anilines is 5. The van der Waals surface area contributed by atoms with E-state index < -0.39 is 15.1 Å². The maximum absolute atomic E-state index is 13.1. The molecule has 4 aromatic rings. The van der Waals surface area contributed by atoms with Gasteiger partial charge in [-0.25, -0.2) is 18.4 Å². The van der Waals surface area contributed by atoms with E-state index in [0.717, 1.165) is 67.5 Å². The fraction of sp³-hybridized carbons (Fsp3) is 0.400. The first-order chi connectivity index (χ1) is 22.5. The predicted octanol–water partition coefficient (Wildman–Crippen LogP) is 6.36. The lowest BCUT2D eigenvalue weighted by atomic mass is 10.0. The number of sulfone groups is 1. The van der Waals surface area contributed by atoms with E-state index >= 15 is 0 Å². The van der Waals surface area contributed by atoms with Crippen molar-refractivity contribution in [1.29, 1.82) is 0 Å². The largest absolute Gasteiger partial charge is 0.489 e. The molecule has 0 radical (unpaired) electrons. The summed E-state index contributed by atoms with van der Waals surface area (Å²) < 4.78 is 37.7. The molecule has 0 saturated carbocycles. The Morgan fingerprint density at radius 3 is 2.38 bits per heavy atom. The molecule has 1 saturated heterocycles. The van der Waals surface area contributed by atoms with Gasteiger partial charge in [0, 0.05) is 49.7 Å². The fourth-order valence-corrected chi connectivity index (χ4v) is 6.42. The van der Waals surface area contributed by atoms with E-state index in [1.807, 2.05) is 52.1 Å². The topological polar surface area (TPSA) is 131 Å². The maximum atomic E-state index is 13.1. The van der Waals surface area contributed by atoms with E-state index in [1.165, 1.54) is 0 Å². The van der Waals surface area contributed by atoms with Crippen molar-refractivity contribution < 1.29 is 17.9 Å². The van der Waals surface area contributed by atoms with Gasteiger partial charge in [-0.1, -0.05) is 12.1 Å². The Hall–Kier alpha value is -4.26. The number of pyridine rings is 1. The van der Waals surface area contributed by atoms with Crippen LogP contribution in [0.4, 0.5) is 29.0 Å². The number of aromatic nitrogens is 3. The second kappa shape index (κ2) is 15.1. The van der Waals surface area contributed by atoms with Gasteiger partial charge in [0.05, 0.1) is 40.8 Å². The average molecular weight is 660 g/mol. The summed E-state index contributed by atoms with van der Waals surface area (Å²) in [5, 5.41) is 9.45. The molecule has 2 aromatic carbocycles. The van der Waals surface area contributed by atoms with Crippen LogP contribution in [0.15, 0.2) is 65.8 Å². The molecule has 0 bridgehead atoms. The quantitative estimate of drug-likeness (QED) is 0.148. The van der Waals surface area contributed by atoms with E-state index in [0.29, 0.717) is 28.9 Å². The normalized spacial score (nSPS) is 14.0. The van der Waals surface area contributed by atoms with Crippen molar-refractivity contribution in [3.05, 3.63) is 72.1 Å². The molecule has 2 aromatic heterocycles. The highest BCUT2D eigenvalue weighted by atomic mass is 32.2. The summed E-state index contributed by atoms with van der Waals surface area (Å²) in [6.07, 6.45) is 3.52. The molecule has 0 atom stereocenters. The van der Waals surface area contributed by atoms with Crippen LogP contribution in [0.5, 0.6) is 5.75 Å². The molecule has 11 nitrogen and oxygen atoms in total. The Labute approximate surface area is 278 Å². The minimum absolute atomic E-state index is 0.0548. The van der Waals surface area contributed by atoms with Crippen LogP contribution in [0.3, 0.4) is 0 Å². The van der Waals surface area contributed by atoms with Crippen molar-refractivity contribution in [2.24, 2.45) is 0 Å². The van der Waals surface area contributed by atoms with Gasteiger partial charge in [0.25, 0.3) is 0 Å². The molecule has 0 aliphatic carbocycles. The van der Waals surface area contributed by atoms with Gasteiger partial charge in [0.15, 0.2) is 9.84 Å². The van der Waals surface area contributed by atoms with E-state index in [-0.39, 0.29) is 11.0 Å². The van der Waals surface area contributed by atoms with Crippen molar-refractivity contribution >= 4 is 38.8 Å². The lowest BCUT2D eigenvalue weighted by Gasteiger charge is -2.26. The van der Waals surface area contributed by atoms with E-state index in [1.54, 1.807) is 44.3 Å². The zero-order chi connectivity index (χ0) is 33.6. The van der Waals surface area contributed by atoms with Gasteiger partial charge in [-0.15, -0.1) is 0 Å². The molecule has 0 spiro atoms. The highest BCUT2D eigenvalue weighted by Crippen LogP contribution is 2.36. The van der Waals surface area contributed by atoms with Crippen LogP contribution >= 0.6 is 0 Å². The number of nitrogens with one attached hydrogen (secondary N) is 3. The van der Waals surface area contributed by atoms with Gasteiger partial charge in [0.2, 0.25) is 5.95 Å². The van der Waals surface area contributed by atoms with Crippen LogP contribution in [0.25, 0.3) is 11.1 Å². The third kappa shape index (κ3) is 8.56. The minimum Gasteiger partial charge on any atom is -0.489 e. The first-order valence-electron chi connectivity index (χ1n) is 16.0. The summed E-state index contributed by atoms with van der Waals surface area (Å²) in [6.45, 7) is 16.5. The highest BCUT2D eigenvalue weighted by molar-refractivity contribution is 7.92. The predicted molar refractivity (Wildman–Crippen MR) is 188 cm³/mol. The van der Waals surface area contributed by atoms with Gasteiger partial charge < -0.3 is 25.4 Å². The van der Waals surface area contributed by atoms with Crippen molar-refractivity contribution in [2.45, 2.75) is 57.8 Å². The number of hydrogen-bond donors (Lipinski definition) is 3. The Morgan fingerprint density at radius 2 is 1.68 bits per heavy atom. The zero-order valence-corrected chi connectivity index (χ0v) is 28.8. The van der Waals surface area contributed by atoms with Crippen LogP contribution < -0.4 is 20.7 Å². The van der Waals surface area contributed by atoms with Crippen LogP contribution in [-0.4, -0.2) is 79.0 Å². The monoisotopic (exact) mass is 659 g/mol. The molecule has 1 aliphatic heterocycles. The van der Waals surface area contributed by atoms with Crippen molar-refractivity contribution in [3.8, 4) is 16.9 Å². The number of morpholine rings is 1. The lowest BCUT2D eigenvalue weighted by Crippen LogP contribution is -2.39. The fourth-order valence-electron chi connectivity index (χ4n) is 5.21. The molecule has 0 unspecified atom stereocenters. The van der Waals surface area contributed by atoms with Crippen LogP contribution in [0, 0.1) is 13.8 Å². The summed E-state index contributed by atoms with van der Waals surface area (Å²) in [6, 6.07) is 15.0. The molecule has 3 N–H and O–H groups in total. The Morgan fingerprint density at radius 1 is 0.915 bits per heavy atom. The van der Waals surface area contributed by atoms with E-state index in [2.05, 4.69) is 36.9 Å². The zero-order valence-electron chi connectivity index (χ0n) is 28.0. The number of benzene rings is 2. The van der Waals surface area contributed by atoms with Gasteiger partial charge >= 0.3 is 0 Å². The number of ether oxygens (including phenoxy) is 2. The van der Waals surface area contributed by atoms with Crippen molar-refractivity contribution in [3.63, 3.8) is 0 Å². The van der Waals surface area contributed by atoms with E-state index in [9.17, 15) is 8.42 Å². The Balaban J connectivity index is 1.38. The highest BCUT2D eigenvalue weighted by Gasteiger charge is 2.23. The van der Waals surface area contributed by atoms with Crippen LogP contribution in [-0.2, 0) is 14.6 Å². The second-order valence-electron chi connectivity index (χ2n) is 12.2. The Bertz CT molecular complexity index is 1770. The third-order valence-corrected chi connectivity index (χ3v) is 10.1. The summed E-state index contributed by atoms with van der Waals surface area (Å²) >= 11 is 0. The molecule has 1 aliphatic rings. The molecule has 0 amide bonds. The molecule has 47 heavy (non-hydrogen) atoms. The number of aryl methyl sites for hydroxylation is 2. The first kappa shape index (κ1) is 34.1. The Kier molecular flexibility index (Phi) is 10.9. The summed E-state index contributed by atoms with van der Waals surface area (Å²) in [4.78, 5) is 16.6. The first-order valence-corrected chi connectivity index (χ1v) is 17.6. The third-order valence-electron chi connectivity index (χ3n) is 7.89. The second-order valence-corrected chi connectivity index (χ2v) is 14.7. The maximum Gasteiger partial charge on any atom is 0.229 e. The van der Waals surface area contributed by atoms with Crippen molar-refractivity contribution in [2.75, 3.05) is 55.3 Å². The molecule has 12 heteroatoms. The molecular formula is C35H45N7O4S. The molecular weight excluding hydrogens is 614 g/mol. The SMILES string of the molecule is Cc1cc(OC(C)C)c(Nc2ncc(C)c(Nc3ccccc3S(=O)(=O)C(C)C)n2)cc1-c1ccc(NCCN2CCOCC2)nc1. The van der Waals surface area contributed by atoms with Gasteiger partial charge in [0.1, 0.15) is 17.4 Å². The number of hydrogen-bond acceptors (Lipinski definition) is 11.